The van der Waals surface area contributed by atoms with Gasteiger partial charge in [0, 0.05) is 16.3 Å². The van der Waals surface area contributed by atoms with E-state index in [1.54, 1.807) is 11.3 Å². The van der Waals surface area contributed by atoms with Gasteiger partial charge in [0.2, 0.25) is 10.9 Å². The largest absolute Gasteiger partial charge is 0.348 e. The molecule has 1 atom stereocenters. The van der Waals surface area contributed by atoms with E-state index < -0.39 is 5.91 Å². The van der Waals surface area contributed by atoms with E-state index in [0.29, 0.717) is 28.1 Å². The normalized spacial score (nSPS) is 12.0. The SMILES string of the molecule is CC(C)[C@H](NC(=O)CSCc1nnc(C(=O)Nc2ccc(F)cc2)s1)c1cccs1. The minimum Gasteiger partial charge on any atom is -0.348 e. The Bertz CT molecular complexity index is 974. The third kappa shape index (κ3) is 6.35. The zero-order valence-corrected chi connectivity index (χ0v) is 18.9. The molecule has 30 heavy (non-hydrogen) atoms. The van der Waals surface area contributed by atoms with Crippen LogP contribution in [0.2, 0.25) is 0 Å². The van der Waals surface area contributed by atoms with Gasteiger partial charge in [0.05, 0.1) is 11.8 Å². The molecule has 0 aliphatic rings. The lowest BCUT2D eigenvalue weighted by Gasteiger charge is -2.21. The fourth-order valence-electron chi connectivity index (χ4n) is 2.60. The number of halogens is 1. The molecule has 3 rings (SSSR count). The molecular weight excluding hydrogens is 443 g/mol. The van der Waals surface area contributed by atoms with Crippen LogP contribution < -0.4 is 10.6 Å². The number of nitrogens with one attached hydrogen (secondary N) is 2. The zero-order valence-electron chi connectivity index (χ0n) is 16.4. The molecule has 2 N–H and O–H groups in total. The van der Waals surface area contributed by atoms with Crippen LogP contribution in [0.25, 0.3) is 0 Å². The summed E-state index contributed by atoms with van der Waals surface area (Å²) in [6, 6.07) is 9.50. The van der Waals surface area contributed by atoms with E-state index in [9.17, 15) is 14.0 Å². The zero-order chi connectivity index (χ0) is 21.5. The Morgan fingerprint density at radius 2 is 1.93 bits per heavy atom. The number of aromatic nitrogens is 2. The maximum absolute atomic E-state index is 12.9. The van der Waals surface area contributed by atoms with Crippen LogP contribution in [0.1, 0.15) is 39.6 Å². The van der Waals surface area contributed by atoms with Gasteiger partial charge in [0.25, 0.3) is 5.91 Å². The lowest BCUT2D eigenvalue weighted by atomic mass is 10.0. The average Bonchev–Trinajstić information content (AvgIpc) is 3.40. The first-order valence-corrected chi connectivity index (χ1v) is 12.1. The highest BCUT2D eigenvalue weighted by molar-refractivity contribution is 7.99. The van der Waals surface area contributed by atoms with Gasteiger partial charge in [-0.05, 0) is 41.6 Å². The number of hydrogen-bond acceptors (Lipinski definition) is 7. The second kappa shape index (κ2) is 10.6. The van der Waals surface area contributed by atoms with Gasteiger partial charge in [-0.1, -0.05) is 31.3 Å². The molecule has 0 spiro atoms. The first-order chi connectivity index (χ1) is 14.4. The summed E-state index contributed by atoms with van der Waals surface area (Å²) in [5, 5.41) is 16.5. The molecule has 0 bridgehead atoms. The number of thiophene rings is 1. The first kappa shape index (κ1) is 22.4. The van der Waals surface area contributed by atoms with Gasteiger partial charge in [-0.3, -0.25) is 9.59 Å². The monoisotopic (exact) mass is 464 g/mol. The minimum absolute atomic E-state index is 0.00129. The predicted octanol–water partition coefficient (Wildman–Crippen LogP) is 4.74. The Morgan fingerprint density at radius 3 is 2.60 bits per heavy atom. The molecule has 2 heterocycles. The molecule has 0 aliphatic heterocycles. The van der Waals surface area contributed by atoms with Crippen molar-refractivity contribution >= 4 is 51.9 Å². The molecule has 0 saturated carbocycles. The van der Waals surface area contributed by atoms with Crippen LogP contribution in [0.15, 0.2) is 41.8 Å². The minimum atomic E-state index is -0.399. The average molecular weight is 465 g/mol. The molecule has 158 valence electrons. The first-order valence-electron chi connectivity index (χ1n) is 9.22. The highest BCUT2D eigenvalue weighted by Crippen LogP contribution is 2.26. The maximum Gasteiger partial charge on any atom is 0.286 e. The Hall–Kier alpha value is -2.30. The number of benzene rings is 1. The third-order valence-corrected chi connectivity index (χ3v) is 7.06. The number of nitrogens with zero attached hydrogens (tertiary/aromatic N) is 2. The Labute approximate surface area is 186 Å². The Balaban J connectivity index is 1.46. The number of rotatable bonds is 9. The van der Waals surface area contributed by atoms with Crippen LogP contribution in [0, 0.1) is 11.7 Å². The van der Waals surface area contributed by atoms with Crippen molar-refractivity contribution in [3.8, 4) is 0 Å². The summed E-state index contributed by atoms with van der Waals surface area (Å²) in [4.78, 5) is 25.7. The lowest BCUT2D eigenvalue weighted by Crippen LogP contribution is -2.32. The van der Waals surface area contributed by atoms with Crippen molar-refractivity contribution < 1.29 is 14.0 Å². The Kier molecular flexibility index (Phi) is 7.94. The summed E-state index contributed by atoms with van der Waals surface area (Å²) in [5.41, 5.74) is 0.481. The summed E-state index contributed by atoms with van der Waals surface area (Å²) in [7, 11) is 0. The van der Waals surface area contributed by atoms with Crippen LogP contribution in [0.4, 0.5) is 10.1 Å². The number of carbonyl (C=O) groups excluding carboxylic acids is 2. The van der Waals surface area contributed by atoms with Crippen molar-refractivity contribution in [1.82, 2.24) is 15.5 Å². The molecule has 0 fully saturated rings. The number of hydrogen-bond donors (Lipinski definition) is 2. The third-order valence-electron chi connectivity index (χ3n) is 4.05. The summed E-state index contributed by atoms with van der Waals surface area (Å²) in [6.07, 6.45) is 0. The van der Waals surface area contributed by atoms with Crippen molar-refractivity contribution in [1.29, 1.82) is 0 Å². The van der Waals surface area contributed by atoms with Crippen molar-refractivity contribution in [3.63, 3.8) is 0 Å². The van der Waals surface area contributed by atoms with Gasteiger partial charge in [0.1, 0.15) is 10.8 Å². The fourth-order valence-corrected chi connectivity index (χ4v) is 5.17. The van der Waals surface area contributed by atoms with Gasteiger partial charge in [-0.15, -0.1) is 33.3 Å². The van der Waals surface area contributed by atoms with E-state index in [0.717, 1.165) is 4.88 Å². The number of thioether (sulfide) groups is 1. The highest BCUT2D eigenvalue weighted by atomic mass is 32.2. The number of anilines is 1. The van der Waals surface area contributed by atoms with Crippen molar-refractivity contribution in [3.05, 3.63) is 62.5 Å². The molecule has 2 aromatic heterocycles. The van der Waals surface area contributed by atoms with E-state index in [4.69, 9.17) is 0 Å². The van der Waals surface area contributed by atoms with Crippen LogP contribution in [-0.2, 0) is 10.5 Å². The second-order valence-electron chi connectivity index (χ2n) is 6.76. The van der Waals surface area contributed by atoms with Crippen molar-refractivity contribution in [2.45, 2.75) is 25.6 Å². The highest BCUT2D eigenvalue weighted by Gasteiger charge is 2.19. The molecule has 0 radical (unpaired) electrons. The lowest BCUT2D eigenvalue weighted by molar-refractivity contribution is -0.119. The van der Waals surface area contributed by atoms with E-state index in [1.165, 1.54) is 47.4 Å². The van der Waals surface area contributed by atoms with E-state index in [2.05, 4.69) is 34.7 Å². The quantitative estimate of drug-likeness (QED) is 0.478. The van der Waals surface area contributed by atoms with Gasteiger partial charge in [-0.2, -0.15) is 0 Å². The predicted molar refractivity (Wildman–Crippen MR) is 120 cm³/mol. The molecule has 10 heteroatoms. The van der Waals surface area contributed by atoms with Gasteiger partial charge in [-0.25, -0.2) is 4.39 Å². The summed E-state index contributed by atoms with van der Waals surface area (Å²) < 4.78 is 12.9. The van der Waals surface area contributed by atoms with Gasteiger partial charge in [0.15, 0.2) is 0 Å². The van der Waals surface area contributed by atoms with E-state index in [1.807, 2.05) is 17.5 Å². The number of carbonyl (C=O) groups is 2. The summed E-state index contributed by atoms with van der Waals surface area (Å²) >= 11 is 4.23. The summed E-state index contributed by atoms with van der Waals surface area (Å²) in [5.74, 6) is 0.269. The van der Waals surface area contributed by atoms with E-state index >= 15 is 0 Å². The topological polar surface area (TPSA) is 84.0 Å². The van der Waals surface area contributed by atoms with Crippen LogP contribution in [-0.4, -0.2) is 27.8 Å². The van der Waals surface area contributed by atoms with Crippen molar-refractivity contribution in [2.24, 2.45) is 5.92 Å². The molecule has 0 saturated heterocycles. The van der Waals surface area contributed by atoms with Gasteiger partial charge < -0.3 is 10.6 Å². The van der Waals surface area contributed by atoms with E-state index in [-0.39, 0.29) is 22.8 Å². The summed E-state index contributed by atoms with van der Waals surface area (Å²) in [6.45, 7) is 4.16. The molecule has 0 aliphatic carbocycles. The molecular formula is C20H21FN4O2S3. The maximum atomic E-state index is 12.9. The van der Waals surface area contributed by atoms with Crippen LogP contribution in [0.5, 0.6) is 0 Å². The second-order valence-corrected chi connectivity index (χ2v) is 9.79. The fraction of sp³-hybridized carbons (Fsp3) is 0.300. The molecule has 2 amide bonds. The molecule has 6 nitrogen and oxygen atoms in total. The van der Waals surface area contributed by atoms with Gasteiger partial charge >= 0.3 is 0 Å². The van der Waals surface area contributed by atoms with Crippen LogP contribution >= 0.6 is 34.4 Å². The molecule has 0 unspecified atom stereocenters. The standard InChI is InChI=1S/C20H21FN4O2S3/c1-12(2)18(15-4-3-9-29-15)23-16(26)10-28-11-17-24-25-20(30-17)19(27)22-14-7-5-13(21)6-8-14/h3-9,12,18H,10-11H2,1-2H3,(H,22,27)(H,23,26)/t18-/m0/s1. The Morgan fingerprint density at radius 1 is 1.17 bits per heavy atom. The smallest absolute Gasteiger partial charge is 0.286 e. The molecule has 3 aromatic rings. The number of amides is 2. The van der Waals surface area contributed by atoms with Crippen molar-refractivity contribution in [2.75, 3.05) is 11.1 Å². The molecule has 1 aromatic carbocycles. The van der Waals surface area contributed by atoms with Crippen LogP contribution in [0.3, 0.4) is 0 Å².